The van der Waals surface area contributed by atoms with Crippen LogP contribution in [0.2, 0.25) is 10.0 Å². The van der Waals surface area contributed by atoms with E-state index < -0.39 is 0 Å². The number of nitrogens with two attached hydrogens (primary N) is 1. The second-order valence-corrected chi connectivity index (χ2v) is 5.06. The number of hydrogen-bond donors (Lipinski definition) is 2. The van der Waals surface area contributed by atoms with Crippen molar-refractivity contribution < 1.29 is 0 Å². The lowest BCUT2D eigenvalue weighted by Gasteiger charge is -2.20. The van der Waals surface area contributed by atoms with Crippen LogP contribution in [0.3, 0.4) is 0 Å². The van der Waals surface area contributed by atoms with Crippen LogP contribution in [-0.4, -0.2) is 9.78 Å². The molecule has 0 saturated carbocycles. The molecule has 1 unspecified atom stereocenters. The summed E-state index contributed by atoms with van der Waals surface area (Å²) in [6.07, 6.45) is 1.63. The lowest BCUT2D eigenvalue weighted by atomic mass is 9.99. The number of hydrogen-bond acceptors (Lipinski definition) is 3. The van der Waals surface area contributed by atoms with E-state index in [2.05, 4.69) is 10.5 Å². The molecule has 0 spiro atoms. The Morgan fingerprint density at radius 3 is 2.74 bits per heavy atom. The van der Waals surface area contributed by atoms with Crippen LogP contribution in [0, 0.1) is 6.92 Å². The third-order valence-electron chi connectivity index (χ3n) is 3.19. The molecule has 6 heteroatoms. The van der Waals surface area contributed by atoms with E-state index in [0.717, 1.165) is 23.4 Å². The molecule has 2 rings (SSSR count). The first-order chi connectivity index (χ1) is 9.10. The quantitative estimate of drug-likeness (QED) is 0.674. The van der Waals surface area contributed by atoms with Crippen LogP contribution in [0.25, 0.3) is 0 Å². The van der Waals surface area contributed by atoms with E-state index in [1.54, 1.807) is 6.20 Å². The van der Waals surface area contributed by atoms with Gasteiger partial charge < -0.3 is 0 Å². The van der Waals surface area contributed by atoms with Gasteiger partial charge in [-0.3, -0.25) is 10.5 Å². The van der Waals surface area contributed by atoms with Gasteiger partial charge in [0.15, 0.2) is 0 Å². The van der Waals surface area contributed by atoms with E-state index >= 15 is 0 Å². The maximum Gasteiger partial charge on any atom is 0.0896 e. The zero-order valence-corrected chi connectivity index (χ0v) is 12.3. The molecule has 0 saturated heterocycles. The summed E-state index contributed by atoms with van der Waals surface area (Å²) in [4.78, 5) is 0. The first kappa shape index (κ1) is 14.3. The minimum Gasteiger partial charge on any atom is -0.271 e. The molecule has 1 atom stereocenters. The Hall–Kier alpha value is -1.07. The summed E-state index contributed by atoms with van der Waals surface area (Å²) >= 11 is 12.4. The molecule has 1 aromatic carbocycles. The molecular formula is C13H16Cl2N4. The lowest BCUT2D eigenvalue weighted by molar-refractivity contribution is 0.542. The molecular weight excluding hydrogens is 283 g/mol. The molecule has 4 nitrogen and oxygen atoms in total. The van der Waals surface area contributed by atoms with Crippen LogP contribution in [-0.2, 0) is 6.54 Å². The summed E-state index contributed by atoms with van der Waals surface area (Å²) in [6, 6.07) is 5.49. The first-order valence-corrected chi connectivity index (χ1v) is 6.78. The number of halogens is 2. The van der Waals surface area contributed by atoms with E-state index in [1.807, 2.05) is 36.7 Å². The second-order valence-electron chi connectivity index (χ2n) is 4.25. The van der Waals surface area contributed by atoms with Crippen molar-refractivity contribution in [2.24, 2.45) is 5.84 Å². The van der Waals surface area contributed by atoms with Gasteiger partial charge in [0.05, 0.1) is 23.0 Å². The van der Waals surface area contributed by atoms with Crippen molar-refractivity contribution in [2.45, 2.75) is 26.4 Å². The number of aryl methyl sites for hydroxylation is 1. The van der Waals surface area contributed by atoms with Gasteiger partial charge in [0, 0.05) is 11.6 Å². The van der Waals surface area contributed by atoms with Crippen LogP contribution in [0.4, 0.5) is 0 Å². The number of hydrazine groups is 1. The van der Waals surface area contributed by atoms with Crippen molar-refractivity contribution in [2.75, 3.05) is 0 Å². The second kappa shape index (κ2) is 5.92. The zero-order valence-electron chi connectivity index (χ0n) is 10.8. The largest absolute Gasteiger partial charge is 0.271 e. The fraction of sp³-hybridized carbons (Fsp3) is 0.308. The van der Waals surface area contributed by atoms with Crippen LogP contribution < -0.4 is 11.3 Å². The number of nitrogens with zero attached hydrogens (tertiary/aromatic N) is 2. The summed E-state index contributed by atoms with van der Waals surface area (Å²) in [5.74, 6) is 5.71. The van der Waals surface area contributed by atoms with E-state index in [-0.39, 0.29) is 6.04 Å². The highest BCUT2D eigenvalue weighted by molar-refractivity contribution is 6.31. The molecule has 102 valence electrons. The molecule has 1 heterocycles. The Labute approximate surface area is 122 Å². The number of rotatable bonds is 4. The van der Waals surface area contributed by atoms with Crippen molar-refractivity contribution in [3.8, 4) is 0 Å². The Morgan fingerprint density at radius 1 is 1.37 bits per heavy atom. The van der Waals surface area contributed by atoms with E-state index in [4.69, 9.17) is 29.0 Å². The highest BCUT2D eigenvalue weighted by Crippen LogP contribution is 2.31. The maximum absolute atomic E-state index is 6.23. The summed E-state index contributed by atoms with van der Waals surface area (Å²) in [6.45, 7) is 4.69. The molecule has 0 bridgehead atoms. The number of aromatic nitrogens is 2. The summed E-state index contributed by atoms with van der Waals surface area (Å²) in [5.41, 5.74) is 5.62. The Bertz CT molecular complexity index is 580. The third kappa shape index (κ3) is 2.62. The van der Waals surface area contributed by atoms with Crippen LogP contribution in [0.1, 0.15) is 29.8 Å². The molecule has 19 heavy (non-hydrogen) atoms. The van der Waals surface area contributed by atoms with Gasteiger partial charge >= 0.3 is 0 Å². The van der Waals surface area contributed by atoms with E-state index in [0.29, 0.717) is 10.0 Å². The third-order valence-corrected chi connectivity index (χ3v) is 3.89. The van der Waals surface area contributed by atoms with Gasteiger partial charge in [0.25, 0.3) is 0 Å². The SMILES string of the molecule is CCn1ncc(Cl)c1C(NN)c1cccc(Cl)c1C. The van der Waals surface area contributed by atoms with E-state index in [9.17, 15) is 0 Å². The lowest BCUT2D eigenvalue weighted by Crippen LogP contribution is -2.31. The molecule has 0 fully saturated rings. The van der Waals surface area contributed by atoms with Crippen molar-refractivity contribution in [1.82, 2.24) is 15.2 Å². The van der Waals surface area contributed by atoms with Gasteiger partial charge in [0.1, 0.15) is 0 Å². The first-order valence-electron chi connectivity index (χ1n) is 6.02. The fourth-order valence-corrected chi connectivity index (χ4v) is 2.60. The van der Waals surface area contributed by atoms with E-state index in [1.165, 1.54) is 0 Å². The smallest absolute Gasteiger partial charge is 0.0896 e. The van der Waals surface area contributed by atoms with Gasteiger partial charge in [-0.1, -0.05) is 35.3 Å². The minimum absolute atomic E-state index is 0.242. The Balaban J connectivity index is 2.56. The standard InChI is InChI=1S/C13H16Cl2N4/c1-3-19-13(11(15)7-17-19)12(18-16)9-5-4-6-10(14)8(9)2/h4-7,12,18H,3,16H2,1-2H3. The predicted molar refractivity (Wildman–Crippen MR) is 78.3 cm³/mol. The topological polar surface area (TPSA) is 55.9 Å². The van der Waals surface area contributed by atoms with Crippen LogP contribution in [0.5, 0.6) is 0 Å². The van der Waals surface area contributed by atoms with Gasteiger partial charge in [-0.2, -0.15) is 5.10 Å². The average molecular weight is 299 g/mol. The van der Waals surface area contributed by atoms with Gasteiger partial charge in [0.2, 0.25) is 0 Å². The molecule has 2 aromatic rings. The zero-order chi connectivity index (χ0) is 14.0. The van der Waals surface area contributed by atoms with Crippen LogP contribution in [0.15, 0.2) is 24.4 Å². The fourth-order valence-electron chi connectivity index (χ4n) is 2.16. The highest BCUT2D eigenvalue weighted by atomic mass is 35.5. The Kier molecular flexibility index (Phi) is 4.47. The summed E-state index contributed by atoms with van der Waals surface area (Å²) < 4.78 is 1.83. The maximum atomic E-state index is 6.23. The monoisotopic (exact) mass is 298 g/mol. The molecule has 3 N–H and O–H groups in total. The van der Waals surface area contributed by atoms with Crippen molar-refractivity contribution in [3.05, 3.63) is 51.3 Å². The van der Waals surface area contributed by atoms with Gasteiger partial charge in [-0.25, -0.2) is 5.43 Å². The summed E-state index contributed by atoms with van der Waals surface area (Å²) in [5, 5.41) is 5.53. The van der Waals surface area contributed by atoms with Crippen molar-refractivity contribution >= 4 is 23.2 Å². The average Bonchev–Trinajstić information content (AvgIpc) is 2.77. The Morgan fingerprint density at radius 2 is 2.11 bits per heavy atom. The van der Waals surface area contributed by atoms with Gasteiger partial charge in [-0.15, -0.1) is 0 Å². The number of benzene rings is 1. The molecule has 1 aromatic heterocycles. The molecule has 0 aliphatic carbocycles. The molecule has 0 aliphatic heterocycles. The van der Waals surface area contributed by atoms with Crippen molar-refractivity contribution in [1.29, 1.82) is 0 Å². The molecule has 0 radical (unpaired) electrons. The molecule has 0 aliphatic rings. The van der Waals surface area contributed by atoms with Gasteiger partial charge in [-0.05, 0) is 31.0 Å². The molecule has 0 amide bonds. The predicted octanol–water partition coefficient (Wildman–Crippen LogP) is 3.07. The number of nitrogens with one attached hydrogen (secondary N) is 1. The highest BCUT2D eigenvalue weighted by Gasteiger charge is 2.22. The minimum atomic E-state index is -0.242. The van der Waals surface area contributed by atoms with Crippen LogP contribution >= 0.6 is 23.2 Å². The normalized spacial score (nSPS) is 12.7. The summed E-state index contributed by atoms with van der Waals surface area (Å²) in [7, 11) is 0. The van der Waals surface area contributed by atoms with Crippen molar-refractivity contribution in [3.63, 3.8) is 0 Å².